The summed E-state index contributed by atoms with van der Waals surface area (Å²) in [5.41, 5.74) is -1.46. The monoisotopic (exact) mass is 370 g/mol. The van der Waals surface area contributed by atoms with Crippen molar-refractivity contribution < 1.29 is 27.1 Å². The van der Waals surface area contributed by atoms with Gasteiger partial charge in [0.25, 0.3) is 0 Å². The van der Waals surface area contributed by atoms with Gasteiger partial charge in [-0.25, -0.2) is 17.6 Å². The van der Waals surface area contributed by atoms with Crippen LogP contribution >= 0.6 is 23.2 Å². The van der Waals surface area contributed by atoms with E-state index in [1.54, 1.807) is 13.8 Å². The second-order valence-electron chi connectivity index (χ2n) is 5.84. The van der Waals surface area contributed by atoms with Crippen LogP contribution < -0.4 is 0 Å². The van der Waals surface area contributed by atoms with Gasteiger partial charge in [-0.1, -0.05) is 37.0 Å². The van der Waals surface area contributed by atoms with Crippen molar-refractivity contribution in [2.45, 2.75) is 26.4 Å². The maximum Gasteiger partial charge on any atom is 0.310 e. The molecule has 1 aromatic rings. The van der Waals surface area contributed by atoms with Crippen molar-refractivity contribution in [2.24, 2.45) is 11.3 Å². The Hall–Kier alpha value is -1.27. The number of benzene rings is 1. The van der Waals surface area contributed by atoms with Crippen LogP contribution in [-0.4, -0.2) is 12.1 Å². The maximum absolute atomic E-state index is 13.5. The Morgan fingerprint density at radius 3 is 2.22 bits per heavy atom. The molecule has 2 nitrogen and oxygen atoms in total. The second kappa shape index (κ2) is 6.32. The number of ether oxygens (including phenoxy) is 1. The summed E-state index contributed by atoms with van der Waals surface area (Å²) in [6.07, 6.45) is -0.0272. The summed E-state index contributed by atoms with van der Waals surface area (Å²) in [6.45, 7) is 3.57. The molecular weight excluding hydrogens is 359 g/mol. The fourth-order valence-electron chi connectivity index (χ4n) is 2.40. The van der Waals surface area contributed by atoms with Crippen LogP contribution in [0.3, 0.4) is 0 Å². The van der Waals surface area contributed by atoms with Gasteiger partial charge in [0.05, 0.1) is 6.42 Å². The highest BCUT2D eigenvalue weighted by Gasteiger charge is 2.59. The van der Waals surface area contributed by atoms with E-state index in [0.717, 1.165) is 0 Å². The first kappa shape index (κ1) is 18.1. The molecule has 0 aliphatic heterocycles. The van der Waals surface area contributed by atoms with Crippen LogP contribution in [0.25, 0.3) is 0 Å². The van der Waals surface area contributed by atoms with Gasteiger partial charge < -0.3 is 4.74 Å². The van der Waals surface area contributed by atoms with Crippen molar-refractivity contribution in [3.8, 4) is 0 Å². The molecule has 1 saturated carbocycles. The van der Waals surface area contributed by atoms with E-state index in [2.05, 4.69) is 0 Å². The van der Waals surface area contributed by atoms with E-state index in [4.69, 9.17) is 27.9 Å². The minimum Gasteiger partial charge on any atom is -0.461 e. The summed E-state index contributed by atoms with van der Waals surface area (Å²) in [5.74, 6) is -7.64. The van der Waals surface area contributed by atoms with E-state index in [9.17, 15) is 22.4 Å². The number of carbonyl (C=O) groups excluding carboxylic acids is 1. The number of hydrogen-bond donors (Lipinski definition) is 0. The fourth-order valence-corrected chi connectivity index (χ4v) is 2.67. The van der Waals surface area contributed by atoms with Crippen LogP contribution in [0.1, 0.15) is 19.4 Å². The molecule has 0 N–H and O–H groups in total. The minimum atomic E-state index is -1.61. The molecule has 0 amide bonds. The third-order valence-corrected chi connectivity index (χ3v) is 4.15. The Kier molecular flexibility index (Phi) is 4.97. The number of rotatable bonds is 4. The molecule has 0 bridgehead atoms. The second-order valence-corrected chi connectivity index (χ2v) is 6.85. The van der Waals surface area contributed by atoms with Crippen LogP contribution in [0.4, 0.5) is 17.6 Å². The SMILES string of the molecule is CC1(C)[C@@H](C=C(Cl)Cl)[C@@H]1OC(=O)Cc1c(F)c(F)cc(F)c1F. The molecule has 0 heterocycles. The van der Waals surface area contributed by atoms with E-state index < -0.39 is 52.7 Å². The lowest BCUT2D eigenvalue weighted by molar-refractivity contribution is -0.145. The molecule has 126 valence electrons. The van der Waals surface area contributed by atoms with E-state index in [-0.39, 0.29) is 16.5 Å². The van der Waals surface area contributed by atoms with Crippen LogP contribution in [0, 0.1) is 34.6 Å². The average Bonchev–Trinajstić information content (AvgIpc) is 2.92. The molecule has 1 fully saturated rings. The first-order chi connectivity index (χ1) is 10.6. The molecule has 0 spiro atoms. The van der Waals surface area contributed by atoms with Gasteiger partial charge in [-0.3, -0.25) is 4.79 Å². The van der Waals surface area contributed by atoms with Gasteiger partial charge in [-0.2, -0.15) is 0 Å². The molecule has 1 aliphatic carbocycles. The molecule has 0 radical (unpaired) electrons. The Labute approximate surface area is 140 Å². The Balaban J connectivity index is 2.12. The molecule has 23 heavy (non-hydrogen) atoms. The highest BCUT2D eigenvalue weighted by Crippen LogP contribution is 2.55. The lowest BCUT2D eigenvalue weighted by Gasteiger charge is -2.08. The van der Waals surface area contributed by atoms with Gasteiger partial charge in [0.2, 0.25) is 0 Å². The summed E-state index contributed by atoms with van der Waals surface area (Å²) in [6, 6.07) is 0.0762. The van der Waals surface area contributed by atoms with Crippen LogP contribution in [0.5, 0.6) is 0 Å². The summed E-state index contributed by atoms with van der Waals surface area (Å²) in [7, 11) is 0. The average molecular weight is 371 g/mol. The van der Waals surface area contributed by atoms with E-state index >= 15 is 0 Å². The van der Waals surface area contributed by atoms with Crippen molar-refractivity contribution in [1.82, 2.24) is 0 Å². The van der Waals surface area contributed by atoms with Crippen LogP contribution in [0.2, 0.25) is 0 Å². The van der Waals surface area contributed by atoms with Crippen LogP contribution in [-0.2, 0) is 16.0 Å². The molecular formula is C15H12Cl2F4O2. The van der Waals surface area contributed by atoms with Crippen LogP contribution in [0.15, 0.2) is 16.6 Å². The molecule has 1 aliphatic rings. The van der Waals surface area contributed by atoms with Crippen molar-refractivity contribution >= 4 is 29.2 Å². The third-order valence-electron chi connectivity index (χ3n) is 3.90. The highest BCUT2D eigenvalue weighted by atomic mass is 35.5. The number of halogens is 6. The van der Waals surface area contributed by atoms with Crippen molar-refractivity contribution in [3.63, 3.8) is 0 Å². The first-order valence-corrected chi connectivity index (χ1v) is 7.35. The molecule has 2 rings (SSSR count). The molecule has 8 heteroatoms. The lowest BCUT2D eigenvalue weighted by Crippen LogP contribution is -2.16. The summed E-state index contributed by atoms with van der Waals surface area (Å²) < 4.78 is 58.4. The van der Waals surface area contributed by atoms with Gasteiger partial charge in [-0.05, 0) is 6.08 Å². The summed E-state index contributed by atoms with van der Waals surface area (Å²) in [4.78, 5) is 11.8. The maximum atomic E-state index is 13.5. The van der Waals surface area contributed by atoms with Gasteiger partial charge in [0, 0.05) is 23.0 Å². The molecule has 0 saturated heterocycles. The third kappa shape index (κ3) is 3.63. The molecule has 0 unspecified atom stereocenters. The van der Waals surface area contributed by atoms with Gasteiger partial charge in [0.15, 0.2) is 23.3 Å². The van der Waals surface area contributed by atoms with E-state index in [0.29, 0.717) is 0 Å². The Bertz CT molecular complexity index is 658. The minimum absolute atomic E-state index is 0.00548. The quantitative estimate of drug-likeness (QED) is 0.437. The lowest BCUT2D eigenvalue weighted by atomic mass is 10.1. The zero-order valence-corrected chi connectivity index (χ0v) is 13.6. The molecule has 1 aromatic carbocycles. The van der Waals surface area contributed by atoms with Crippen molar-refractivity contribution in [3.05, 3.63) is 45.5 Å². The Morgan fingerprint density at radius 1 is 1.22 bits per heavy atom. The van der Waals surface area contributed by atoms with Crippen molar-refractivity contribution in [1.29, 1.82) is 0 Å². The van der Waals surface area contributed by atoms with Gasteiger partial charge in [-0.15, -0.1) is 0 Å². The topological polar surface area (TPSA) is 26.3 Å². The largest absolute Gasteiger partial charge is 0.461 e. The smallest absolute Gasteiger partial charge is 0.310 e. The first-order valence-electron chi connectivity index (χ1n) is 6.59. The van der Waals surface area contributed by atoms with E-state index in [1.165, 1.54) is 6.08 Å². The number of hydrogen-bond acceptors (Lipinski definition) is 2. The molecule has 2 atom stereocenters. The predicted octanol–water partition coefficient (Wildman–Crippen LogP) is 4.67. The van der Waals surface area contributed by atoms with Gasteiger partial charge >= 0.3 is 5.97 Å². The predicted molar refractivity (Wildman–Crippen MR) is 76.9 cm³/mol. The zero-order valence-electron chi connectivity index (χ0n) is 12.1. The Morgan fingerprint density at radius 2 is 1.74 bits per heavy atom. The van der Waals surface area contributed by atoms with E-state index in [1.807, 2.05) is 0 Å². The zero-order chi connectivity index (χ0) is 17.5. The molecule has 0 aromatic heterocycles. The van der Waals surface area contributed by atoms with Crippen molar-refractivity contribution in [2.75, 3.05) is 0 Å². The summed E-state index contributed by atoms with van der Waals surface area (Å²) in [5, 5.41) is 0. The fraction of sp³-hybridized carbons (Fsp3) is 0.400. The number of carbonyl (C=O) groups is 1. The van der Waals surface area contributed by atoms with Gasteiger partial charge in [0.1, 0.15) is 10.6 Å². The highest BCUT2D eigenvalue weighted by molar-refractivity contribution is 6.55. The standard InChI is InChI=1S/C15H12Cl2F4O2/c1-15(2)7(4-10(16)17)14(15)23-11(22)3-6-12(20)8(18)5-9(19)13(6)21/h4-5,7,14H,3H2,1-2H3/t7-,14-/m0/s1. The summed E-state index contributed by atoms with van der Waals surface area (Å²) >= 11 is 11.1. The number of esters is 1. The normalized spacial score (nSPS) is 21.7.